The Morgan fingerprint density at radius 2 is 1.85 bits per heavy atom. The van der Waals surface area contributed by atoms with Crippen molar-refractivity contribution in [2.45, 2.75) is 20.4 Å². The number of rotatable bonds is 3. The van der Waals surface area contributed by atoms with Crippen LogP contribution in [0.4, 0.5) is 5.69 Å². The minimum absolute atomic E-state index is 0.176. The van der Waals surface area contributed by atoms with Gasteiger partial charge in [0.1, 0.15) is 5.52 Å². The summed E-state index contributed by atoms with van der Waals surface area (Å²) in [6, 6.07) is 14.3. The number of nitrogens with zero attached hydrogens (tertiary/aromatic N) is 3. The Labute approximate surface area is 160 Å². The summed E-state index contributed by atoms with van der Waals surface area (Å²) in [6.07, 6.45) is 0. The molecule has 2 aromatic heterocycles. The van der Waals surface area contributed by atoms with Gasteiger partial charge < -0.3 is 9.88 Å². The summed E-state index contributed by atoms with van der Waals surface area (Å²) >= 11 is 5.96. The highest BCUT2D eigenvalue weighted by atomic mass is 35.5. The number of carbonyl (C=O) groups is 1. The summed E-state index contributed by atoms with van der Waals surface area (Å²) in [5.41, 5.74) is 3.42. The van der Waals surface area contributed by atoms with Crippen LogP contribution in [0.25, 0.3) is 16.6 Å². The fraction of sp³-hybridized carbons (Fsp3) is 0.150. The van der Waals surface area contributed by atoms with E-state index in [0.29, 0.717) is 22.8 Å². The molecule has 136 valence electrons. The van der Waals surface area contributed by atoms with E-state index in [1.807, 2.05) is 38.1 Å². The third-order valence-corrected chi connectivity index (χ3v) is 4.79. The summed E-state index contributed by atoms with van der Waals surface area (Å²) in [5.74, 6) is -0.379. The lowest BCUT2D eigenvalue weighted by Crippen LogP contribution is -2.22. The molecule has 0 bridgehead atoms. The van der Waals surface area contributed by atoms with Crippen molar-refractivity contribution in [3.8, 4) is 0 Å². The van der Waals surface area contributed by atoms with Crippen LogP contribution in [-0.4, -0.2) is 20.1 Å². The van der Waals surface area contributed by atoms with Crippen molar-refractivity contribution in [1.82, 2.24) is 14.2 Å². The molecule has 0 spiro atoms. The maximum atomic E-state index is 12.8. The van der Waals surface area contributed by atoms with Gasteiger partial charge in [-0.2, -0.15) is 5.10 Å². The van der Waals surface area contributed by atoms with Crippen LogP contribution >= 0.6 is 11.6 Å². The molecule has 0 saturated heterocycles. The number of hydrogen-bond donors (Lipinski definition) is 1. The Bertz CT molecular complexity index is 1260. The summed E-state index contributed by atoms with van der Waals surface area (Å²) in [4.78, 5) is 25.5. The molecule has 0 atom stereocenters. The molecular formula is C20H17ClN4O2. The van der Waals surface area contributed by atoms with Crippen LogP contribution in [0.5, 0.6) is 0 Å². The molecule has 0 saturated carbocycles. The van der Waals surface area contributed by atoms with Crippen molar-refractivity contribution in [2.24, 2.45) is 0 Å². The van der Waals surface area contributed by atoms with E-state index in [2.05, 4.69) is 10.4 Å². The van der Waals surface area contributed by atoms with Gasteiger partial charge in [-0.25, -0.2) is 4.52 Å². The molecule has 0 unspecified atom stereocenters. The topological polar surface area (TPSA) is 68.4 Å². The molecule has 4 aromatic rings. The molecule has 27 heavy (non-hydrogen) atoms. The number of amides is 1. The zero-order valence-electron chi connectivity index (χ0n) is 14.9. The standard InChI is InChI=1S/C20H17ClN4O2/c1-3-24-16-6-4-5-7-17(16)25-18(20(24)27)11-15(23-25)19(26)22-14-9-8-13(21)10-12(14)2/h4-11H,3H2,1-2H3,(H,22,26). The first-order chi connectivity index (χ1) is 13.0. The van der Waals surface area contributed by atoms with Gasteiger partial charge in [0.25, 0.3) is 11.5 Å². The van der Waals surface area contributed by atoms with E-state index in [1.54, 1.807) is 22.8 Å². The molecular weight excluding hydrogens is 364 g/mol. The lowest BCUT2D eigenvalue weighted by atomic mass is 10.2. The number of hydrogen-bond acceptors (Lipinski definition) is 3. The molecule has 7 heteroatoms. The van der Waals surface area contributed by atoms with E-state index in [-0.39, 0.29) is 17.2 Å². The van der Waals surface area contributed by atoms with E-state index < -0.39 is 0 Å². The molecule has 1 amide bonds. The monoisotopic (exact) mass is 380 g/mol. The van der Waals surface area contributed by atoms with Gasteiger partial charge in [-0.1, -0.05) is 23.7 Å². The summed E-state index contributed by atoms with van der Waals surface area (Å²) in [5, 5.41) is 7.82. The van der Waals surface area contributed by atoms with Gasteiger partial charge in [0.05, 0.1) is 11.0 Å². The zero-order chi connectivity index (χ0) is 19.1. The molecule has 6 nitrogen and oxygen atoms in total. The maximum Gasteiger partial charge on any atom is 0.277 e. The molecule has 0 aliphatic heterocycles. The Morgan fingerprint density at radius 3 is 2.56 bits per heavy atom. The van der Waals surface area contributed by atoms with Crippen LogP contribution in [0.1, 0.15) is 23.0 Å². The van der Waals surface area contributed by atoms with E-state index >= 15 is 0 Å². The van der Waals surface area contributed by atoms with Gasteiger partial charge >= 0.3 is 0 Å². The Hall–Kier alpha value is -3.12. The van der Waals surface area contributed by atoms with Crippen molar-refractivity contribution in [1.29, 1.82) is 0 Å². The Morgan fingerprint density at radius 1 is 1.11 bits per heavy atom. The molecule has 0 fully saturated rings. The first-order valence-electron chi connectivity index (χ1n) is 8.58. The van der Waals surface area contributed by atoms with Gasteiger partial charge in [-0.15, -0.1) is 0 Å². The van der Waals surface area contributed by atoms with Gasteiger partial charge in [0.15, 0.2) is 5.69 Å². The van der Waals surface area contributed by atoms with E-state index in [0.717, 1.165) is 16.6 Å². The zero-order valence-corrected chi connectivity index (χ0v) is 15.6. The second kappa shape index (κ2) is 6.55. The van der Waals surface area contributed by atoms with Crippen LogP contribution in [0, 0.1) is 6.92 Å². The average molecular weight is 381 g/mol. The normalized spacial score (nSPS) is 11.2. The molecule has 0 radical (unpaired) electrons. The van der Waals surface area contributed by atoms with Crippen LogP contribution in [0.3, 0.4) is 0 Å². The Kier molecular flexibility index (Phi) is 4.20. The number of para-hydroxylation sites is 2. The predicted octanol–water partition coefficient (Wildman–Crippen LogP) is 3.88. The van der Waals surface area contributed by atoms with E-state index in [4.69, 9.17) is 11.6 Å². The smallest absolute Gasteiger partial charge is 0.277 e. The van der Waals surface area contributed by atoms with Crippen LogP contribution < -0.4 is 10.9 Å². The summed E-state index contributed by atoms with van der Waals surface area (Å²) in [6.45, 7) is 4.31. The maximum absolute atomic E-state index is 12.8. The summed E-state index contributed by atoms with van der Waals surface area (Å²) in [7, 11) is 0. The largest absolute Gasteiger partial charge is 0.320 e. The molecule has 2 heterocycles. The predicted molar refractivity (Wildman–Crippen MR) is 107 cm³/mol. The lowest BCUT2D eigenvalue weighted by Gasteiger charge is -2.09. The minimum Gasteiger partial charge on any atom is -0.320 e. The van der Waals surface area contributed by atoms with Gasteiger partial charge in [0, 0.05) is 23.3 Å². The second-order valence-electron chi connectivity index (χ2n) is 6.28. The molecule has 0 aliphatic carbocycles. The number of benzene rings is 2. The SMILES string of the molecule is CCn1c(=O)c2cc(C(=O)Nc3ccc(Cl)cc3C)nn2c2ccccc21. The number of aryl methyl sites for hydroxylation is 2. The summed E-state index contributed by atoms with van der Waals surface area (Å²) < 4.78 is 3.21. The highest BCUT2D eigenvalue weighted by Crippen LogP contribution is 2.21. The lowest BCUT2D eigenvalue weighted by molar-refractivity contribution is 0.102. The first-order valence-corrected chi connectivity index (χ1v) is 8.96. The number of carbonyl (C=O) groups excluding carboxylic acids is 1. The highest BCUT2D eigenvalue weighted by Gasteiger charge is 2.17. The van der Waals surface area contributed by atoms with Gasteiger partial charge in [0.2, 0.25) is 0 Å². The van der Waals surface area contributed by atoms with Crippen molar-refractivity contribution >= 4 is 39.7 Å². The highest BCUT2D eigenvalue weighted by molar-refractivity contribution is 6.30. The quantitative estimate of drug-likeness (QED) is 0.586. The number of nitrogens with one attached hydrogen (secondary N) is 1. The van der Waals surface area contributed by atoms with Gasteiger partial charge in [-0.05, 0) is 49.7 Å². The second-order valence-corrected chi connectivity index (χ2v) is 6.71. The van der Waals surface area contributed by atoms with Crippen LogP contribution in [-0.2, 0) is 6.54 Å². The fourth-order valence-corrected chi connectivity index (χ4v) is 3.44. The van der Waals surface area contributed by atoms with Gasteiger partial charge in [-0.3, -0.25) is 9.59 Å². The number of fused-ring (bicyclic) bond motifs is 3. The van der Waals surface area contributed by atoms with Crippen molar-refractivity contribution in [2.75, 3.05) is 5.32 Å². The third kappa shape index (κ3) is 2.88. The number of anilines is 1. The fourth-order valence-electron chi connectivity index (χ4n) is 3.21. The molecule has 1 N–H and O–H groups in total. The molecule has 2 aromatic carbocycles. The first kappa shape index (κ1) is 17.3. The van der Waals surface area contributed by atoms with Crippen molar-refractivity contribution in [3.63, 3.8) is 0 Å². The molecule has 0 aliphatic rings. The van der Waals surface area contributed by atoms with Crippen LogP contribution in [0.15, 0.2) is 53.3 Å². The van der Waals surface area contributed by atoms with Crippen molar-refractivity contribution < 1.29 is 4.79 Å². The van der Waals surface area contributed by atoms with Crippen LogP contribution in [0.2, 0.25) is 5.02 Å². The average Bonchev–Trinajstić information content (AvgIpc) is 3.11. The number of halogens is 1. The van der Waals surface area contributed by atoms with E-state index in [9.17, 15) is 9.59 Å². The van der Waals surface area contributed by atoms with Crippen molar-refractivity contribution in [3.05, 3.63) is 75.2 Å². The third-order valence-electron chi connectivity index (χ3n) is 4.56. The minimum atomic E-state index is -0.379. The molecule has 4 rings (SSSR count). The Balaban J connectivity index is 1.84. The van der Waals surface area contributed by atoms with E-state index in [1.165, 1.54) is 10.6 Å². The number of aromatic nitrogens is 3.